The van der Waals surface area contributed by atoms with Crippen LogP contribution in [0.5, 0.6) is 0 Å². The highest BCUT2D eigenvalue weighted by Gasteiger charge is 2.28. The minimum Gasteiger partial charge on any atom is -0.466 e. The molecule has 8 heteroatoms. The Hall–Kier alpha value is -2.06. The molecule has 0 radical (unpaired) electrons. The van der Waals surface area contributed by atoms with Crippen molar-refractivity contribution in [2.75, 3.05) is 6.61 Å². The van der Waals surface area contributed by atoms with Crippen molar-refractivity contribution >= 4 is 11.7 Å². The van der Waals surface area contributed by atoms with Crippen molar-refractivity contribution in [2.24, 2.45) is 0 Å². The van der Waals surface area contributed by atoms with Crippen LogP contribution in [0.1, 0.15) is 25.0 Å². The molecule has 0 bridgehead atoms. The Labute approximate surface area is 113 Å². The smallest absolute Gasteiger partial charge is 0.308 e. The molecule has 0 spiro atoms. The van der Waals surface area contributed by atoms with E-state index in [-0.39, 0.29) is 6.61 Å². The molecule has 0 saturated heterocycles. The summed E-state index contributed by atoms with van der Waals surface area (Å²) < 4.78 is 18.4. The van der Waals surface area contributed by atoms with Gasteiger partial charge in [0.05, 0.1) is 24.1 Å². The van der Waals surface area contributed by atoms with Gasteiger partial charge in [0, 0.05) is 11.6 Å². The monoisotopic (exact) mass is 287 g/mol. The quantitative estimate of drug-likeness (QED) is 0.460. The van der Waals surface area contributed by atoms with Crippen LogP contribution in [0.2, 0.25) is 0 Å². The molecule has 110 valence electrons. The van der Waals surface area contributed by atoms with Gasteiger partial charge < -0.3 is 14.9 Å². The number of hydrogen-bond acceptors (Lipinski definition) is 6. The molecule has 2 atom stereocenters. The summed E-state index contributed by atoms with van der Waals surface area (Å²) in [5, 5.41) is 30.0. The summed E-state index contributed by atoms with van der Waals surface area (Å²) in [7, 11) is 0. The average Bonchev–Trinajstić information content (AvgIpc) is 2.38. The Balaban J connectivity index is 2.91. The van der Waals surface area contributed by atoms with Crippen molar-refractivity contribution in [2.45, 2.75) is 25.6 Å². The summed E-state index contributed by atoms with van der Waals surface area (Å²) in [4.78, 5) is 20.8. The fourth-order valence-electron chi connectivity index (χ4n) is 1.62. The number of ether oxygens (including phenoxy) is 1. The van der Waals surface area contributed by atoms with Gasteiger partial charge in [0.2, 0.25) is 5.82 Å². The maximum absolute atomic E-state index is 13.8. The predicted molar refractivity (Wildman–Crippen MR) is 65.3 cm³/mol. The number of nitro benzene ring substituents is 1. The molecule has 0 saturated carbocycles. The molecule has 0 heterocycles. The summed E-state index contributed by atoms with van der Waals surface area (Å²) in [6.07, 6.45) is -3.93. The Morgan fingerprint density at radius 2 is 2.15 bits per heavy atom. The SMILES string of the molecule is CCOC(=O)CC(O)C(O)c1cccc([N+](=O)[O-])c1F. The standard InChI is InChI=1S/C12H14FNO6/c1-2-20-10(16)6-9(15)12(17)7-4-3-5-8(11(7)13)14(18)19/h3-5,9,12,15,17H,2,6H2,1H3. The van der Waals surface area contributed by atoms with Gasteiger partial charge in [-0.1, -0.05) is 12.1 Å². The van der Waals surface area contributed by atoms with Crippen molar-refractivity contribution in [3.8, 4) is 0 Å². The lowest BCUT2D eigenvalue weighted by Gasteiger charge is -2.17. The molecule has 0 amide bonds. The normalized spacial score (nSPS) is 13.6. The lowest BCUT2D eigenvalue weighted by Crippen LogP contribution is -2.24. The largest absolute Gasteiger partial charge is 0.466 e. The van der Waals surface area contributed by atoms with E-state index in [9.17, 15) is 29.5 Å². The zero-order chi connectivity index (χ0) is 15.3. The van der Waals surface area contributed by atoms with Crippen LogP contribution in [0, 0.1) is 15.9 Å². The van der Waals surface area contributed by atoms with E-state index in [1.54, 1.807) is 6.92 Å². The number of carbonyl (C=O) groups excluding carboxylic acids is 1. The molecule has 0 aliphatic rings. The maximum Gasteiger partial charge on any atom is 0.308 e. The summed E-state index contributed by atoms with van der Waals surface area (Å²) in [5.41, 5.74) is -1.26. The third-order valence-corrected chi connectivity index (χ3v) is 2.57. The van der Waals surface area contributed by atoms with Crippen LogP contribution in [-0.4, -0.2) is 33.8 Å². The van der Waals surface area contributed by atoms with Gasteiger partial charge in [-0.05, 0) is 6.92 Å². The van der Waals surface area contributed by atoms with E-state index >= 15 is 0 Å². The number of aliphatic hydroxyl groups is 2. The Morgan fingerprint density at radius 1 is 1.50 bits per heavy atom. The predicted octanol–water partition coefficient (Wildman–Crippen LogP) is 1.08. The number of esters is 1. The van der Waals surface area contributed by atoms with Crippen molar-refractivity contribution < 1.29 is 29.1 Å². The Bertz CT molecular complexity index is 507. The van der Waals surface area contributed by atoms with Crippen molar-refractivity contribution in [3.63, 3.8) is 0 Å². The van der Waals surface area contributed by atoms with Crippen molar-refractivity contribution in [1.82, 2.24) is 0 Å². The zero-order valence-electron chi connectivity index (χ0n) is 10.7. The molecule has 1 rings (SSSR count). The third-order valence-electron chi connectivity index (χ3n) is 2.57. The van der Waals surface area contributed by atoms with E-state index in [4.69, 9.17) is 0 Å². The lowest BCUT2D eigenvalue weighted by atomic mass is 10.0. The molecular weight excluding hydrogens is 273 g/mol. The molecule has 1 aromatic rings. The first-order valence-corrected chi connectivity index (χ1v) is 5.83. The van der Waals surface area contributed by atoms with Gasteiger partial charge in [-0.3, -0.25) is 14.9 Å². The highest BCUT2D eigenvalue weighted by Crippen LogP contribution is 2.27. The molecule has 1 aromatic carbocycles. The summed E-state index contributed by atoms with van der Waals surface area (Å²) in [6.45, 7) is 1.67. The second-order valence-corrected chi connectivity index (χ2v) is 3.96. The van der Waals surface area contributed by atoms with Gasteiger partial charge in [0.15, 0.2) is 0 Å². The topological polar surface area (TPSA) is 110 Å². The van der Waals surface area contributed by atoms with Gasteiger partial charge >= 0.3 is 11.7 Å². The van der Waals surface area contributed by atoms with E-state index in [1.807, 2.05) is 0 Å². The van der Waals surface area contributed by atoms with E-state index in [0.29, 0.717) is 0 Å². The van der Waals surface area contributed by atoms with Crippen LogP contribution in [-0.2, 0) is 9.53 Å². The number of rotatable bonds is 6. The Morgan fingerprint density at radius 3 is 2.70 bits per heavy atom. The number of hydrogen-bond donors (Lipinski definition) is 2. The van der Waals surface area contributed by atoms with Gasteiger partial charge in [0.25, 0.3) is 0 Å². The van der Waals surface area contributed by atoms with Crippen LogP contribution in [0.3, 0.4) is 0 Å². The summed E-state index contributed by atoms with van der Waals surface area (Å²) in [5.74, 6) is -2.00. The fraction of sp³-hybridized carbons (Fsp3) is 0.417. The molecule has 7 nitrogen and oxygen atoms in total. The molecule has 0 aromatic heterocycles. The van der Waals surface area contributed by atoms with Crippen molar-refractivity contribution in [3.05, 3.63) is 39.7 Å². The second-order valence-electron chi connectivity index (χ2n) is 3.96. The first kappa shape index (κ1) is 16.0. The molecule has 0 aliphatic heterocycles. The summed E-state index contributed by atoms with van der Waals surface area (Å²) in [6, 6.07) is 3.21. The van der Waals surface area contributed by atoms with Crippen LogP contribution < -0.4 is 0 Å². The highest BCUT2D eigenvalue weighted by atomic mass is 19.1. The Kier molecular flexibility index (Phi) is 5.53. The average molecular weight is 287 g/mol. The van der Waals surface area contributed by atoms with E-state index in [1.165, 1.54) is 6.07 Å². The molecule has 2 unspecified atom stereocenters. The third kappa shape index (κ3) is 3.72. The van der Waals surface area contributed by atoms with E-state index in [0.717, 1.165) is 12.1 Å². The number of carbonyl (C=O) groups is 1. The van der Waals surface area contributed by atoms with Crippen LogP contribution >= 0.6 is 0 Å². The van der Waals surface area contributed by atoms with Gasteiger partial charge in [-0.15, -0.1) is 0 Å². The minimum atomic E-state index is -1.76. The molecule has 20 heavy (non-hydrogen) atoms. The molecule has 0 aliphatic carbocycles. The number of benzene rings is 1. The van der Waals surface area contributed by atoms with Gasteiger partial charge in [0.1, 0.15) is 6.10 Å². The molecule has 0 fully saturated rings. The van der Waals surface area contributed by atoms with E-state index in [2.05, 4.69) is 4.74 Å². The first-order valence-electron chi connectivity index (χ1n) is 5.83. The zero-order valence-corrected chi connectivity index (χ0v) is 10.7. The first-order chi connectivity index (χ1) is 9.38. The van der Waals surface area contributed by atoms with Crippen LogP contribution in [0.4, 0.5) is 10.1 Å². The van der Waals surface area contributed by atoms with Crippen LogP contribution in [0.25, 0.3) is 0 Å². The number of nitrogens with zero attached hydrogens (tertiary/aromatic N) is 1. The molecule has 2 N–H and O–H groups in total. The second kappa shape index (κ2) is 6.92. The van der Waals surface area contributed by atoms with Gasteiger partial charge in [-0.2, -0.15) is 4.39 Å². The fourth-order valence-corrected chi connectivity index (χ4v) is 1.62. The van der Waals surface area contributed by atoms with Gasteiger partial charge in [-0.25, -0.2) is 0 Å². The minimum absolute atomic E-state index is 0.104. The maximum atomic E-state index is 13.8. The van der Waals surface area contributed by atoms with Crippen LogP contribution in [0.15, 0.2) is 18.2 Å². The highest BCUT2D eigenvalue weighted by molar-refractivity contribution is 5.70. The van der Waals surface area contributed by atoms with E-state index < -0.39 is 46.6 Å². The lowest BCUT2D eigenvalue weighted by molar-refractivity contribution is -0.387. The molecular formula is C12H14FNO6. The number of aliphatic hydroxyl groups excluding tert-OH is 2. The summed E-state index contributed by atoms with van der Waals surface area (Å²) >= 11 is 0. The number of halogens is 1. The number of nitro groups is 1. The van der Waals surface area contributed by atoms with Crippen molar-refractivity contribution in [1.29, 1.82) is 0 Å².